The first-order valence-corrected chi connectivity index (χ1v) is 5.88. The summed E-state index contributed by atoms with van der Waals surface area (Å²) < 4.78 is 9.60. The molecule has 6 heteroatoms. The van der Waals surface area contributed by atoms with Crippen molar-refractivity contribution in [3.8, 4) is 0 Å². The molecule has 1 aliphatic heterocycles. The summed E-state index contributed by atoms with van der Waals surface area (Å²) in [4.78, 5) is 36.0. The van der Waals surface area contributed by atoms with E-state index in [4.69, 9.17) is 4.74 Å². The Kier molecular flexibility index (Phi) is 4.32. The maximum atomic E-state index is 11.9. The Hall–Kier alpha value is -1.59. The number of carbonyl (C=O) groups excluding carboxylic acids is 3. The van der Waals surface area contributed by atoms with Crippen LogP contribution >= 0.6 is 0 Å². The van der Waals surface area contributed by atoms with E-state index in [2.05, 4.69) is 4.74 Å². The molecule has 0 aliphatic carbocycles. The van der Waals surface area contributed by atoms with E-state index in [1.54, 1.807) is 20.8 Å². The Labute approximate surface area is 106 Å². The Balaban J connectivity index is 2.73. The van der Waals surface area contributed by atoms with Gasteiger partial charge in [-0.25, -0.2) is 9.59 Å². The normalized spacial score (nSPS) is 19.6. The summed E-state index contributed by atoms with van der Waals surface area (Å²) >= 11 is 0. The molecule has 0 aromatic heterocycles. The van der Waals surface area contributed by atoms with Crippen molar-refractivity contribution in [2.24, 2.45) is 0 Å². The first kappa shape index (κ1) is 14.5. The molecule has 1 fully saturated rings. The number of likely N-dealkylation sites (tertiary alicyclic amines) is 1. The van der Waals surface area contributed by atoms with Gasteiger partial charge in [0.15, 0.2) is 0 Å². The minimum absolute atomic E-state index is 0.373. The highest BCUT2D eigenvalue weighted by Crippen LogP contribution is 2.21. The van der Waals surface area contributed by atoms with Crippen LogP contribution in [-0.2, 0) is 23.9 Å². The number of rotatable bonds is 1. The number of amides is 1. The lowest BCUT2D eigenvalue weighted by atomic mass is 10.1. The zero-order valence-corrected chi connectivity index (χ0v) is 11.2. The molecule has 0 radical (unpaired) electrons. The van der Waals surface area contributed by atoms with Gasteiger partial charge in [-0.2, -0.15) is 0 Å². The van der Waals surface area contributed by atoms with Crippen LogP contribution in [0.2, 0.25) is 0 Å². The number of hydrogen-bond donors (Lipinski definition) is 0. The van der Waals surface area contributed by atoms with E-state index in [0.29, 0.717) is 19.4 Å². The van der Waals surface area contributed by atoms with Gasteiger partial charge >= 0.3 is 17.8 Å². The fourth-order valence-electron chi connectivity index (χ4n) is 1.83. The van der Waals surface area contributed by atoms with Gasteiger partial charge in [0.25, 0.3) is 0 Å². The third-order valence-corrected chi connectivity index (χ3v) is 2.55. The van der Waals surface area contributed by atoms with E-state index >= 15 is 0 Å². The molecule has 1 heterocycles. The Morgan fingerprint density at radius 2 is 1.83 bits per heavy atom. The third kappa shape index (κ3) is 3.45. The first-order valence-electron chi connectivity index (χ1n) is 5.88. The average Bonchev–Trinajstić information content (AvgIpc) is 2.73. The van der Waals surface area contributed by atoms with Gasteiger partial charge in [-0.3, -0.25) is 4.79 Å². The summed E-state index contributed by atoms with van der Waals surface area (Å²) in [6, 6.07) is -0.684. The monoisotopic (exact) mass is 257 g/mol. The van der Waals surface area contributed by atoms with E-state index in [1.807, 2.05) is 0 Å². The molecule has 1 amide bonds. The lowest BCUT2D eigenvalue weighted by Gasteiger charge is -2.26. The molecule has 1 atom stereocenters. The second kappa shape index (κ2) is 5.37. The minimum Gasteiger partial charge on any atom is -0.462 e. The fraction of sp³-hybridized carbons (Fsp3) is 0.750. The van der Waals surface area contributed by atoms with Gasteiger partial charge in [-0.05, 0) is 33.6 Å². The van der Waals surface area contributed by atoms with Crippen LogP contribution in [-0.4, -0.2) is 48.0 Å². The smallest absolute Gasteiger partial charge is 0.396 e. The van der Waals surface area contributed by atoms with Crippen molar-refractivity contribution in [3.63, 3.8) is 0 Å². The molecule has 1 rings (SSSR count). The molecular formula is C12H19NO5. The number of ether oxygens (including phenoxy) is 2. The SMILES string of the molecule is COC(=O)C(=O)N1CCC[C@H]1C(=O)OC(C)(C)C. The summed E-state index contributed by atoms with van der Waals surface area (Å²) in [5.74, 6) is -2.21. The standard InChI is InChI=1S/C12H19NO5/c1-12(2,3)18-10(15)8-6-5-7-13(8)9(14)11(16)17-4/h8H,5-7H2,1-4H3/t8-/m0/s1. The number of hydrogen-bond acceptors (Lipinski definition) is 5. The van der Waals surface area contributed by atoms with Crippen molar-refractivity contribution in [1.29, 1.82) is 0 Å². The number of esters is 2. The number of nitrogens with zero attached hydrogens (tertiary/aromatic N) is 1. The van der Waals surface area contributed by atoms with E-state index in [-0.39, 0.29) is 0 Å². The zero-order valence-electron chi connectivity index (χ0n) is 11.2. The van der Waals surface area contributed by atoms with E-state index in [0.717, 1.165) is 7.11 Å². The average molecular weight is 257 g/mol. The van der Waals surface area contributed by atoms with Crippen molar-refractivity contribution in [2.45, 2.75) is 45.3 Å². The van der Waals surface area contributed by atoms with Gasteiger partial charge in [0.1, 0.15) is 11.6 Å². The van der Waals surface area contributed by atoms with E-state index in [1.165, 1.54) is 4.90 Å². The van der Waals surface area contributed by atoms with Gasteiger partial charge in [0.2, 0.25) is 0 Å². The molecule has 102 valence electrons. The van der Waals surface area contributed by atoms with Crippen LogP contribution in [0.3, 0.4) is 0 Å². The van der Waals surface area contributed by atoms with Crippen molar-refractivity contribution in [3.05, 3.63) is 0 Å². The van der Waals surface area contributed by atoms with Gasteiger partial charge in [0.05, 0.1) is 7.11 Å². The third-order valence-electron chi connectivity index (χ3n) is 2.55. The Morgan fingerprint density at radius 3 is 2.33 bits per heavy atom. The molecule has 0 unspecified atom stereocenters. The predicted molar refractivity (Wildman–Crippen MR) is 62.6 cm³/mol. The molecule has 18 heavy (non-hydrogen) atoms. The quantitative estimate of drug-likeness (QED) is 0.505. The molecule has 1 aliphatic rings. The first-order chi connectivity index (χ1) is 8.26. The second-order valence-electron chi connectivity index (χ2n) is 5.18. The van der Waals surface area contributed by atoms with Crippen LogP contribution in [0, 0.1) is 0 Å². The lowest BCUT2D eigenvalue weighted by Crippen LogP contribution is -2.46. The lowest BCUT2D eigenvalue weighted by molar-refractivity contribution is -0.167. The van der Waals surface area contributed by atoms with Crippen molar-refractivity contribution in [2.75, 3.05) is 13.7 Å². The van der Waals surface area contributed by atoms with Gasteiger partial charge in [0, 0.05) is 6.54 Å². The molecular weight excluding hydrogens is 238 g/mol. The highest BCUT2D eigenvalue weighted by Gasteiger charge is 2.39. The summed E-state index contributed by atoms with van der Waals surface area (Å²) in [6.07, 6.45) is 1.18. The molecule has 0 bridgehead atoms. The molecule has 0 aromatic rings. The van der Waals surface area contributed by atoms with Crippen molar-refractivity contribution >= 4 is 17.8 Å². The molecule has 0 saturated carbocycles. The largest absolute Gasteiger partial charge is 0.462 e. The van der Waals surface area contributed by atoms with E-state index < -0.39 is 29.5 Å². The maximum Gasteiger partial charge on any atom is 0.396 e. The van der Waals surface area contributed by atoms with Crippen LogP contribution < -0.4 is 0 Å². The molecule has 0 spiro atoms. The summed E-state index contributed by atoms with van der Waals surface area (Å²) in [5.41, 5.74) is -0.611. The van der Waals surface area contributed by atoms with Gasteiger partial charge < -0.3 is 14.4 Å². The van der Waals surface area contributed by atoms with Crippen LogP contribution in [0.25, 0.3) is 0 Å². The molecule has 0 N–H and O–H groups in total. The highest BCUT2D eigenvalue weighted by atomic mass is 16.6. The maximum absolute atomic E-state index is 11.9. The summed E-state index contributed by atoms with van der Waals surface area (Å²) in [7, 11) is 1.14. The summed E-state index contributed by atoms with van der Waals surface area (Å²) in [5, 5.41) is 0. The fourth-order valence-corrected chi connectivity index (χ4v) is 1.83. The number of carbonyl (C=O) groups is 3. The predicted octanol–water partition coefficient (Wildman–Crippen LogP) is 0.492. The summed E-state index contributed by atoms with van der Waals surface area (Å²) in [6.45, 7) is 5.64. The molecule has 1 saturated heterocycles. The second-order valence-corrected chi connectivity index (χ2v) is 5.18. The molecule has 6 nitrogen and oxygen atoms in total. The number of methoxy groups -OCH3 is 1. The zero-order chi connectivity index (χ0) is 13.9. The van der Waals surface area contributed by atoms with Crippen LogP contribution in [0.1, 0.15) is 33.6 Å². The Morgan fingerprint density at radius 1 is 1.22 bits per heavy atom. The topological polar surface area (TPSA) is 72.9 Å². The molecule has 0 aromatic carbocycles. The highest BCUT2D eigenvalue weighted by molar-refractivity contribution is 6.32. The van der Waals surface area contributed by atoms with Crippen LogP contribution in [0.15, 0.2) is 0 Å². The van der Waals surface area contributed by atoms with Gasteiger partial charge in [-0.1, -0.05) is 0 Å². The van der Waals surface area contributed by atoms with Crippen LogP contribution in [0.5, 0.6) is 0 Å². The van der Waals surface area contributed by atoms with Crippen molar-refractivity contribution < 1.29 is 23.9 Å². The van der Waals surface area contributed by atoms with Crippen LogP contribution in [0.4, 0.5) is 0 Å². The Bertz CT molecular complexity index is 358. The van der Waals surface area contributed by atoms with Crippen molar-refractivity contribution in [1.82, 2.24) is 4.90 Å². The van der Waals surface area contributed by atoms with E-state index in [9.17, 15) is 14.4 Å². The van der Waals surface area contributed by atoms with Gasteiger partial charge in [-0.15, -0.1) is 0 Å². The minimum atomic E-state index is -0.953.